The van der Waals surface area contributed by atoms with Crippen LogP contribution >= 0.6 is 0 Å². The molecule has 2 amide bonds. The maximum Gasteiger partial charge on any atom is 0.253 e. The van der Waals surface area contributed by atoms with Crippen LogP contribution in [0.2, 0.25) is 0 Å². The number of benzene rings is 3. The van der Waals surface area contributed by atoms with Gasteiger partial charge in [-0.1, -0.05) is 42.5 Å². The second-order valence-electron chi connectivity index (χ2n) is 7.89. The number of nitrogens with zero attached hydrogens (tertiary/aromatic N) is 1. The van der Waals surface area contributed by atoms with Crippen molar-refractivity contribution >= 4 is 17.8 Å². The number of aliphatic imine (C=N–C) groups is 1. The maximum atomic E-state index is 13.6. The molecule has 0 spiro atoms. The Morgan fingerprint density at radius 1 is 0.917 bits per heavy atom. The van der Waals surface area contributed by atoms with E-state index >= 15 is 0 Å². The Morgan fingerprint density at radius 2 is 1.61 bits per heavy atom. The normalized spacial score (nSPS) is 12.1. The molecular formula is C26H25F3N4O3. The Balaban J connectivity index is 1.69. The number of nitrogens with two attached hydrogens (primary N) is 1. The smallest absolute Gasteiger partial charge is 0.253 e. The molecule has 0 radical (unpaired) electrons. The average Bonchev–Trinajstić information content (AvgIpc) is 2.85. The summed E-state index contributed by atoms with van der Waals surface area (Å²) in [6.07, 6.45) is -0.0749. The van der Waals surface area contributed by atoms with Gasteiger partial charge < -0.3 is 21.1 Å². The standard InChI is InChI=1S/C26H25F3N4O3/c1-36-23-13-18(8-10-20(23)28)15-31-25(35)22(12-16-5-3-2-4-6-16)32-26(30)33-24(34)14-17-7-9-19(27)21(29)11-17/h2-11,13,22H,12,14-15H2,1H3,(H,31,35)(H3,30,32,33,34)/t22-/m1/s1. The highest BCUT2D eigenvalue weighted by atomic mass is 19.2. The number of amides is 2. The van der Waals surface area contributed by atoms with Gasteiger partial charge in [0.1, 0.15) is 6.04 Å². The van der Waals surface area contributed by atoms with Gasteiger partial charge in [0, 0.05) is 13.0 Å². The highest BCUT2D eigenvalue weighted by Crippen LogP contribution is 2.18. The Kier molecular flexibility index (Phi) is 9.04. The van der Waals surface area contributed by atoms with Crippen LogP contribution in [0, 0.1) is 17.5 Å². The first kappa shape index (κ1) is 26.3. The van der Waals surface area contributed by atoms with Gasteiger partial charge >= 0.3 is 0 Å². The maximum absolute atomic E-state index is 13.6. The molecule has 0 aliphatic heterocycles. The third kappa shape index (κ3) is 7.59. The molecule has 0 aromatic heterocycles. The van der Waals surface area contributed by atoms with Gasteiger partial charge in [0.25, 0.3) is 5.91 Å². The molecule has 4 N–H and O–H groups in total. The highest BCUT2D eigenvalue weighted by molar-refractivity contribution is 5.95. The molecule has 7 nitrogen and oxygen atoms in total. The minimum Gasteiger partial charge on any atom is -0.494 e. The molecule has 10 heteroatoms. The predicted molar refractivity (Wildman–Crippen MR) is 129 cm³/mol. The number of guanidine groups is 1. The zero-order valence-electron chi connectivity index (χ0n) is 19.4. The fourth-order valence-corrected chi connectivity index (χ4v) is 3.39. The summed E-state index contributed by atoms with van der Waals surface area (Å²) in [5.74, 6) is -4.01. The van der Waals surface area contributed by atoms with Crippen LogP contribution in [-0.4, -0.2) is 30.9 Å². The number of hydrogen-bond acceptors (Lipinski definition) is 3. The molecule has 0 heterocycles. The molecule has 36 heavy (non-hydrogen) atoms. The molecule has 1 atom stereocenters. The van der Waals surface area contributed by atoms with Crippen molar-refractivity contribution in [2.75, 3.05) is 7.11 Å². The van der Waals surface area contributed by atoms with Gasteiger partial charge in [0.15, 0.2) is 29.2 Å². The van der Waals surface area contributed by atoms with Crippen molar-refractivity contribution in [3.63, 3.8) is 0 Å². The molecule has 0 fully saturated rings. The summed E-state index contributed by atoms with van der Waals surface area (Å²) >= 11 is 0. The Morgan fingerprint density at radius 3 is 2.31 bits per heavy atom. The predicted octanol–water partition coefficient (Wildman–Crippen LogP) is 3.01. The quantitative estimate of drug-likeness (QED) is 0.311. The highest BCUT2D eigenvalue weighted by Gasteiger charge is 2.20. The lowest BCUT2D eigenvalue weighted by atomic mass is 10.1. The summed E-state index contributed by atoms with van der Waals surface area (Å²) in [5.41, 5.74) is 7.55. The molecule has 3 aromatic rings. The first-order chi connectivity index (χ1) is 17.2. The number of nitrogens with one attached hydrogen (secondary N) is 2. The Bertz CT molecular complexity index is 1250. The van der Waals surface area contributed by atoms with Crippen LogP contribution in [-0.2, 0) is 29.0 Å². The second-order valence-corrected chi connectivity index (χ2v) is 7.89. The molecule has 0 saturated carbocycles. The summed E-state index contributed by atoms with van der Waals surface area (Å²) in [6.45, 7) is 0.0918. The molecule has 0 unspecified atom stereocenters. The molecule has 0 bridgehead atoms. The fourth-order valence-electron chi connectivity index (χ4n) is 3.39. The molecule has 0 aliphatic rings. The second kappa shape index (κ2) is 12.4. The monoisotopic (exact) mass is 498 g/mol. The number of methoxy groups -OCH3 is 1. The summed E-state index contributed by atoms with van der Waals surface area (Å²) in [6, 6.07) is 15.6. The van der Waals surface area contributed by atoms with E-state index in [-0.39, 0.29) is 36.7 Å². The van der Waals surface area contributed by atoms with Crippen LogP contribution in [0.4, 0.5) is 13.2 Å². The minimum absolute atomic E-state index is 0.0524. The lowest BCUT2D eigenvalue weighted by molar-refractivity contribution is -0.123. The zero-order valence-corrected chi connectivity index (χ0v) is 19.4. The zero-order chi connectivity index (χ0) is 26.1. The van der Waals surface area contributed by atoms with E-state index in [0.717, 1.165) is 17.7 Å². The molecule has 3 rings (SSSR count). The third-order valence-electron chi connectivity index (χ3n) is 5.19. The van der Waals surface area contributed by atoms with Gasteiger partial charge in [0.2, 0.25) is 5.91 Å². The summed E-state index contributed by atoms with van der Waals surface area (Å²) in [4.78, 5) is 29.0. The Labute approximate surface area is 206 Å². The first-order valence-corrected chi connectivity index (χ1v) is 11.0. The van der Waals surface area contributed by atoms with Crippen molar-refractivity contribution in [1.29, 1.82) is 0 Å². The number of carbonyl (C=O) groups is 2. The van der Waals surface area contributed by atoms with Crippen molar-refractivity contribution in [1.82, 2.24) is 10.6 Å². The minimum atomic E-state index is -1.08. The topological polar surface area (TPSA) is 106 Å². The Hall–Kier alpha value is -4.34. The van der Waals surface area contributed by atoms with Gasteiger partial charge in [-0.15, -0.1) is 0 Å². The van der Waals surface area contributed by atoms with Crippen LogP contribution in [0.25, 0.3) is 0 Å². The van der Waals surface area contributed by atoms with Crippen LogP contribution in [0.1, 0.15) is 16.7 Å². The van der Waals surface area contributed by atoms with Crippen LogP contribution in [0.3, 0.4) is 0 Å². The van der Waals surface area contributed by atoms with Gasteiger partial charge in [-0.25, -0.2) is 13.2 Å². The van der Waals surface area contributed by atoms with Gasteiger partial charge in [-0.3, -0.25) is 9.59 Å². The number of hydrogen-bond donors (Lipinski definition) is 3. The van der Waals surface area contributed by atoms with E-state index in [9.17, 15) is 22.8 Å². The summed E-state index contributed by atoms with van der Waals surface area (Å²) < 4.78 is 45.1. The summed E-state index contributed by atoms with van der Waals surface area (Å²) in [5, 5.41) is 5.49. The summed E-state index contributed by atoms with van der Waals surface area (Å²) in [7, 11) is 1.34. The van der Waals surface area contributed by atoms with E-state index in [4.69, 9.17) is 10.5 Å². The van der Waals surface area contributed by atoms with Gasteiger partial charge in [0.05, 0.1) is 13.5 Å². The molecule has 188 valence electrons. The van der Waals surface area contributed by atoms with E-state index in [0.29, 0.717) is 5.56 Å². The molecule has 0 aliphatic carbocycles. The SMILES string of the molecule is COc1cc(CNC(=O)[C@@H](Cc2ccccc2)NC(N)=NC(=O)Cc2ccc(F)c(F)c2)ccc1F. The first-order valence-electron chi connectivity index (χ1n) is 11.0. The van der Waals surface area contributed by atoms with Crippen LogP contribution in [0.15, 0.2) is 71.7 Å². The third-order valence-corrected chi connectivity index (χ3v) is 5.19. The number of rotatable bonds is 9. The van der Waals surface area contributed by atoms with Crippen molar-refractivity contribution in [2.24, 2.45) is 10.7 Å². The van der Waals surface area contributed by atoms with E-state index < -0.39 is 35.3 Å². The van der Waals surface area contributed by atoms with E-state index in [1.54, 1.807) is 0 Å². The van der Waals surface area contributed by atoms with E-state index in [1.165, 1.54) is 31.4 Å². The lowest BCUT2D eigenvalue weighted by Gasteiger charge is -2.19. The molecule has 3 aromatic carbocycles. The average molecular weight is 499 g/mol. The molecular weight excluding hydrogens is 473 g/mol. The molecule has 0 saturated heterocycles. The van der Waals surface area contributed by atoms with E-state index in [1.807, 2.05) is 30.3 Å². The lowest BCUT2D eigenvalue weighted by Crippen LogP contribution is -2.50. The number of carbonyl (C=O) groups excluding carboxylic acids is 2. The van der Waals surface area contributed by atoms with Crippen molar-refractivity contribution < 1.29 is 27.5 Å². The van der Waals surface area contributed by atoms with Crippen molar-refractivity contribution in [3.8, 4) is 5.75 Å². The van der Waals surface area contributed by atoms with Gasteiger partial charge in [-0.05, 0) is 41.0 Å². The van der Waals surface area contributed by atoms with Crippen molar-refractivity contribution in [2.45, 2.75) is 25.4 Å². The largest absolute Gasteiger partial charge is 0.494 e. The van der Waals surface area contributed by atoms with Crippen molar-refractivity contribution in [3.05, 3.63) is 101 Å². The van der Waals surface area contributed by atoms with Gasteiger partial charge in [-0.2, -0.15) is 4.99 Å². The fraction of sp³-hybridized carbons (Fsp3) is 0.192. The van der Waals surface area contributed by atoms with Crippen LogP contribution < -0.4 is 21.1 Å². The van der Waals surface area contributed by atoms with Crippen LogP contribution in [0.5, 0.6) is 5.75 Å². The number of halogens is 3. The number of ether oxygens (including phenoxy) is 1. The van der Waals surface area contributed by atoms with E-state index in [2.05, 4.69) is 15.6 Å².